The maximum Gasteiger partial charge on any atom is 0.244 e. The van der Waals surface area contributed by atoms with E-state index in [0.29, 0.717) is 11.4 Å². The molecule has 5 heteroatoms. The topological polar surface area (TPSA) is 63.1 Å². The number of carbonyl (C=O) groups is 2. The average molecular weight is 257 g/mol. The highest BCUT2D eigenvalue weighted by molar-refractivity contribution is 5.92. The highest BCUT2D eigenvalue weighted by Gasteiger charge is 2.03. The minimum absolute atomic E-state index is 0.0940. The molecule has 0 fully saturated rings. The van der Waals surface area contributed by atoms with Crippen LogP contribution in [0.2, 0.25) is 0 Å². The minimum Gasteiger partial charge on any atom is -0.345 e. The van der Waals surface area contributed by atoms with Crippen molar-refractivity contribution in [3.8, 4) is 0 Å². The smallest absolute Gasteiger partial charge is 0.244 e. The highest BCUT2D eigenvalue weighted by Crippen LogP contribution is 2.13. The molecule has 0 spiro atoms. The second kappa shape index (κ2) is 5.86. The van der Waals surface area contributed by atoms with Gasteiger partial charge in [0.05, 0.1) is 0 Å². The number of benzene rings is 1. The number of anilines is 2. The third-order valence-electron chi connectivity index (χ3n) is 2.48. The Hall–Kier alpha value is -2.56. The van der Waals surface area contributed by atoms with Gasteiger partial charge < -0.3 is 15.2 Å². The second-order valence-corrected chi connectivity index (χ2v) is 4.16. The number of nitrogens with zero attached hydrogens (tertiary/aromatic N) is 1. The highest BCUT2D eigenvalue weighted by atomic mass is 16.2. The Morgan fingerprint density at radius 2 is 1.53 bits per heavy atom. The molecule has 0 atom stereocenters. The van der Waals surface area contributed by atoms with Gasteiger partial charge in [0, 0.05) is 30.7 Å². The van der Waals surface area contributed by atoms with Crippen molar-refractivity contribution in [3.05, 3.63) is 48.8 Å². The molecule has 0 radical (unpaired) electrons. The van der Waals surface area contributed by atoms with E-state index in [2.05, 4.69) is 10.6 Å². The third-order valence-corrected chi connectivity index (χ3v) is 2.48. The summed E-state index contributed by atoms with van der Waals surface area (Å²) in [5.41, 5.74) is 1.40. The number of carbonyl (C=O) groups excluding carboxylic acids is 2. The summed E-state index contributed by atoms with van der Waals surface area (Å²) >= 11 is 0. The Morgan fingerprint density at radius 1 is 1.00 bits per heavy atom. The molecule has 98 valence electrons. The van der Waals surface area contributed by atoms with Gasteiger partial charge in [0.1, 0.15) is 6.54 Å². The number of nitrogens with one attached hydrogen (secondary N) is 2. The van der Waals surface area contributed by atoms with Crippen LogP contribution in [0.3, 0.4) is 0 Å². The third kappa shape index (κ3) is 3.99. The van der Waals surface area contributed by atoms with Crippen LogP contribution in [-0.4, -0.2) is 16.4 Å². The Bertz CT molecular complexity index is 559. The summed E-state index contributed by atoms with van der Waals surface area (Å²) in [5, 5.41) is 5.45. The fraction of sp³-hybridized carbons (Fsp3) is 0.143. The van der Waals surface area contributed by atoms with Gasteiger partial charge >= 0.3 is 0 Å². The molecule has 1 aromatic heterocycles. The predicted octanol–water partition coefficient (Wildman–Crippen LogP) is 2.09. The Balaban J connectivity index is 1.92. The molecular formula is C14H15N3O2. The molecule has 19 heavy (non-hydrogen) atoms. The van der Waals surface area contributed by atoms with Gasteiger partial charge in [-0.1, -0.05) is 0 Å². The van der Waals surface area contributed by atoms with E-state index in [0.717, 1.165) is 0 Å². The first-order valence-corrected chi connectivity index (χ1v) is 5.92. The number of hydrogen-bond donors (Lipinski definition) is 2. The van der Waals surface area contributed by atoms with Crippen molar-refractivity contribution in [2.75, 3.05) is 10.6 Å². The van der Waals surface area contributed by atoms with Gasteiger partial charge in [-0.05, 0) is 36.4 Å². The molecule has 2 aromatic rings. The van der Waals surface area contributed by atoms with Crippen LogP contribution in [0.4, 0.5) is 11.4 Å². The lowest BCUT2D eigenvalue weighted by molar-refractivity contribution is -0.117. The van der Waals surface area contributed by atoms with Crippen LogP contribution >= 0.6 is 0 Å². The summed E-state index contributed by atoms with van der Waals surface area (Å²) in [6, 6.07) is 10.7. The van der Waals surface area contributed by atoms with Gasteiger partial charge in [-0.2, -0.15) is 0 Å². The lowest BCUT2D eigenvalue weighted by atomic mass is 10.2. The van der Waals surface area contributed by atoms with Crippen molar-refractivity contribution in [3.63, 3.8) is 0 Å². The van der Waals surface area contributed by atoms with E-state index in [9.17, 15) is 9.59 Å². The van der Waals surface area contributed by atoms with Gasteiger partial charge in [-0.15, -0.1) is 0 Å². The van der Waals surface area contributed by atoms with E-state index in [1.165, 1.54) is 6.92 Å². The van der Waals surface area contributed by atoms with Crippen molar-refractivity contribution in [2.45, 2.75) is 13.5 Å². The fourth-order valence-corrected chi connectivity index (χ4v) is 1.68. The first-order chi connectivity index (χ1) is 9.13. The molecule has 2 amide bonds. The van der Waals surface area contributed by atoms with Gasteiger partial charge in [0.15, 0.2) is 0 Å². The Morgan fingerprint density at radius 3 is 2.05 bits per heavy atom. The number of hydrogen-bond acceptors (Lipinski definition) is 2. The first-order valence-electron chi connectivity index (χ1n) is 5.92. The first kappa shape index (κ1) is 12.9. The molecule has 2 N–H and O–H groups in total. The number of rotatable bonds is 4. The van der Waals surface area contributed by atoms with E-state index in [1.54, 1.807) is 28.8 Å². The molecule has 1 aromatic carbocycles. The van der Waals surface area contributed by atoms with Crippen LogP contribution in [0.5, 0.6) is 0 Å². The van der Waals surface area contributed by atoms with Crippen LogP contribution in [0.1, 0.15) is 6.92 Å². The number of aromatic nitrogens is 1. The standard InChI is InChI=1S/C14H15N3O2/c1-11(18)15-12-4-6-13(7-5-12)16-14(19)10-17-8-2-3-9-17/h2-9H,10H2,1H3,(H,15,18)(H,16,19). The van der Waals surface area contributed by atoms with Crippen LogP contribution in [0.25, 0.3) is 0 Å². The normalized spacial score (nSPS) is 9.95. The molecule has 0 aliphatic heterocycles. The van der Waals surface area contributed by atoms with Crippen LogP contribution < -0.4 is 10.6 Å². The SMILES string of the molecule is CC(=O)Nc1ccc(NC(=O)Cn2cccc2)cc1. The predicted molar refractivity (Wildman–Crippen MR) is 73.8 cm³/mol. The lowest BCUT2D eigenvalue weighted by Gasteiger charge is -2.07. The molecule has 0 bridgehead atoms. The largest absolute Gasteiger partial charge is 0.345 e. The van der Waals surface area contributed by atoms with E-state index in [4.69, 9.17) is 0 Å². The molecule has 5 nitrogen and oxygen atoms in total. The minimum atomic E-state index is -0.121. The second-order valence-electron chi connectivity index (χ2n) is 4.16. The summed E-state index contributed by atoms with van der Waals surface area (Å²) in [6.07, 6.45) is 3.67. The number of amides is 2. The van der Waals surface area contributed by atoms with Gasteiger partial charge in [0.2, 0.25) is 11.8 Å². The fourth-order valence-electron chi connectivity index (χ4n) is 1.68. The van der Waals surface area contributed by atoms with Gasteiger partial charge in [0.25, 0.3) is 0 Å². The summed E-state index contributed by atoms with van der Waals surface area (Å²) in [4.78, 5) is 22.6. The van der Waals surface area contributed by atoms with E-state index in [1.807, 2.05) is 24.5 Å². The van der Waals surface area contributed by atoms with Gasteiger partial charge in [-0.3, -0.25) is 9.59 Å². The zero-order chi connectivity index (χ0) is 13.7. The molecule has 1 heterocycles. The molecule has 0 saturated heterocycles. The lowest BCUT2D eigenvalue weighted by Crippen LogP contribution is -2.17. The van der Waals surface area contributed by atoms with Crippen molar-refractivity contribution < 1.29 is 9.59 Å². The molecule has 0 aliphatic rings. The summed E-state index contributed by atoms with van der Waals surface area (Å²) in [6.45, 7) is 1.73. The van der Waals surface area contributed by atoms with Crippen molar-refractivity contribution in [2.24, 2.45) is 0 Å². The summed E-state index contributed by atoms with van der Waals surface area (Å²) in [5.74, 6) is -0.215. The monoisotopic (exact) mass is 257 g/mol. The van der Waals surface area contributed by atoms with Crippen molar-refractivity contribution >= 4 is 23.2 Å². The Kier molecular flexibility index (Phi) is 3.97. The van der Waals surface area contributed by atoms with Crippen molar-refractivity contribution in [1.82, 2.24) is 4.57 Å². The summed E-state index contributed by atoms with van der Waals surface area (Å²) < 4.78 is 1.79. The quantitative estimate of drug-likeness (QED) is 0.880. The maximum atomic E-state index is 11.7. The molecule has 0 saturated carbocycles. The molecule has 2 rings (SSSR count). The van der Waals surface area contributed by atoms with Gasteiger partial charge in [-0.25, -0.2) is 0 Å². The van der Waals surface area contributed by atoms with Crippen LogP contribution in [0, 0.1) is 0 Å². The van der Waals surface area contributed by atoms with E-state index >= 15 is 0 Å². The summed E-state index contributed by atoms with van der Waals surface area (Å²) in [7, 11) is 0. The maximum absolute atomic E-state index is 11.7. The zero-order valence-electron chi connectivity index (χ0n) is 10.6. The molecular weight excluding hydrogens is 242 g/mol. The van der Waals surface area contributed by atoms with Crippen LogP contribution in [-0.2, 0) is 16.1 Å². The average Bonchev–Trinajstić information content (AvgIpc) is 2.83. The van der Waals surface area contributed by atoms with E-state index < -0.39 is 0 Å². The zero-order valence-corrected chi connectivity index (χ0v) is 10.6. The Labute approximate surface area is 111 Å². The van der Waals surface area contributed by atoms with E-state index in [-0.39, 0.29) is 18.4 Å². The molecule has 0 aliphatic carbocycles. The molecule has 0 unspecified atom stereocenters. The van der Waals surface area contributed by atoms with Crippen LogP contribution in [0.15, 0.2) is 48.8 Å². The van der Waals surface area contributed by atoms with Crippen molar-refractivity contribution in [1.29, 1.82) is 0 Å².